The molecule has 0 rings (SSSR count). The van der Waals surface area contributed by atoms with Gasteiger partial charge in [0.15, 0.2) is 0 Å². The molecule has 0 aliphatic rings. The summed E-state index contributed by atoms with van der Waals surface area (Å²) < 4.78 is 1.06. The van der Waals surface area contributed by atoms with E-state index in [0.717, 1.165) is 11.0 Å². The van der Waals surface area contributed by atoms with Crippen molar-refractivity contribution in [1.29, 1.82) is 0 Å². The van der Waals surface area contributed by atoms with Gasteiger partial charge in [0.2, 0.25) is 0 Å². The zero-order valence-corrected chi connectivity index (χ0v) is 21.1. The third kappa shape index (κ3) is 52.2. The first-order valence-corrected chi connectivity index (χ1v) is 11.8. The monoisotopic (exact) mass is 504 g/mol. The predicted molar refractivity (Wildman–Crippen MR) is 108 cm³/mol. The van der Waals surface area contributed by atoms with E-state index in [1.54, 1.807) is 0 Å². The first kappa shape index (κ1) is 30.6. The van der Waals surface area contributed by atoms with Gasteiger partial charge in [-0.3, -0.25) is 0 Å². The highest BCUT2D eigenvalue weighted by Gasteiger charge is 2.19. The van der Waals surface area contributed by atoms with Crippen molar-refractivity contribution in [2.24, 2.45) is 16.6 Å². The molecule has 21 heavy (non-hydrogen) atoms. The topological polar surface area (TPSA) is 26.0 Å². The van der Waals surface area contributed by atoms with E-state index in [2.05, 4.69) is 85.1 Å². The molecule has 0 aromatic carbocycles. The molecule has 0 radical (unpaired) electrons. The van der Waals surface area contributed by atoms with E-state index in [4.69, 9.17) is 5.73 Å². The molecule has 0 saturated heterocycles. The number of halogens is 1. The smallest absolute Gasteiger partial charge is 0.0829 e. The Kier molecular flexibility index (Phi) is 22.3. The first-order valence-electron chi connectivity index (χ1n) is 6.44. The Morgan fingerprint density at radius 3 is 1.14 bits per heavy atom. The van der Waals surface area contributed by atoms with Crippen molar-refractivity contribution in [2.75, 3.05) is 34.2 Å². The van der Waals surface area contributed by atoms with Gasteiger partial charge in [-0.2, -0.15) is 0 Å². The Balaban J connectivity index is -0.000000106. The maximum absolute atomic E-state index is 5.31. The summed E-state index contributed by atoms with van der Waals surface area (Å²) >= 11 is 8.89. The van der Waals surface area contributed by atoms with Crippen molar-refractivity contribution >= 4 is 49.0 Å². The van der Waals surface area contributed by atoms with Crippen LogP contribution in [-0.4, -0.2) is 38.7 Å². The average molecular weight is 505 g/mol. The molecule has 0 bridgehead atoms. The van der Waals surface area contributed by atoms with Gasteiger partial charge in [0.25, 0.3) is 0 Å². The van der Waals surface area contributed by atoms with Crippen molar-refractivity contribution in [1.82, 2.24) is 0 Å². The lowest BCUT2D eigenvalue weighted by Gasteiger charge is -2.31. The minimum Gasteiger partial charge on any atom is -1.00 e. The van der Waals surface area contributed by atoms with Gasteiger partial charge in [-0.1, -0.05) is 41.5 Å². The molecule has 0 heterocycles. The fourth-order valence-corrected chi connectivity index (χ4v) is 4.18. The lowest BCUT2D eigenvalue weighted by atomic mass is 9.96. The quantitative estimate of drug-likeness (QED) is 0.393. The maximum atomic E-state index is 5.31. The van der Waals surface area contributed by atoms with Crippen LogP contribution in [0.4, 0.5) is 0 Å². The zero-order chi connectivity index (χ0) is 17.0. The second-order valence-electron chi connectivity index (χ2n) is 7.98. The SMILES string of the molecule is CC(C)(C)CN.CC(C)(C)C[N+](C)(C)C.S=S=S=S=S.[I-]. The summed E-state index contributed by atoms with van der Waals surface area (Å²) in [6.45, 7) is 15.2. The van der Waals surface area contributed by atoms with Crippen LogP contribution in [0.2, 0.25) is 0 Å². The summed E-state index contributed by atoms with van der Waals surface area (Å²) in [5, 5.41) is 0. The van der Waals surface area contributed by atoms with Crippen LogP contribution >= 0.6 is 0 Å². The van der Waals surface area contributed by atoms with E-state index in [9.17, 15) is 0 Å². The van der Waals surface area contributed by atoms with Crippen LogP contribution in [0.25, 0.3) is 0 Å². The highest BCUT2D eigenvalue weighted by molar-refractivity contribution is 8.59. The highest BCUT2D eigenvalue weighted by atomic mass is 127. The van der Waals surface area contributed by atoms with Crippen molar-refractivity contribution in [2.45, 2.75) is 41.5 Å². The third-order valence-corrected chi connectivity index (χ3v) is 6.06. The van der Waals surface area contributed by atoms with Crippen LogP contribution < -0.4 is 29.7 Å². The Hall–Kier alpha value is 1.75. The number of hydrogen-bond donors (Lipinski definition) is 1. The van der Waals surface area contributed by atoms with Crippen LogP contribution in [-0.2, 0) is 49.0 Å². The molecule has 0 spiro atoms. The van der Waals surface area contributed by atoms with E-state index in [1.807, 2.05) is 0 Å². The molecule has 0 atom stereocenters. The summed E-state index contributed by atoms with van der Waals surface area (Å²) in [4.78, 5) is 0. The molecule has 2 nitrogen and oxygen atoms in total. The van der Waals surface area contributed by atoms with Gasteiger partial charge in [0, 0.05) is 54.4 Å². The van der Waals surface area contributed by atoms with E-state index in [-0.39, 0.29) is 24.0 Å². The van der Waals surface area contributed by atoms with E-state index in [0.29, 0.717) is 10.8 Å². The Bertz CT molecular complexity index is 326. The number of rotatable bonds is 1. The van der Waals surface area contributed by atoms with Crippen LogP contribution in [0.5, 0.6) is 0 Å². The van der Waals surface area contributed by atoms with Crippen molar-refractivity contribution < 1.29 is 28.5 Å². The Morgan fingerprint density at radius 2 is 1.14 bits per heavy atom. The molecule has 0 saturated carbocycles. The van der Waals surface area contributed by atoms with Gasteiger partial charge in [0.1, 0.15) is 0 Å². The molecule has 0 fully saturated rings. The summed E-state index contributed by atoms with van der Waals surface area (Å²) in [7, 11) is 10.6. The second kappa shape index (κ2) is 15.3. The zero-order valence-electron chi connectivity index (χ0n) is 14.9. The van der Waals surface area contributed by atoms with Gasteiger partial charge in [-0.05, 0) is 12.0 Å². The van der Waals surface area contributed by atoms with E-state index in [1.165, 1.54) is 33.2 Å². The summed E-state index contributed by atoms with van der Waals surface area (Å²) in [5.74, 6) is 0. The molecular weight excluding hydrogens is 471 g/mol. The largest absolute Gasteiger partial charge is 1.00 e. The number of nitrogens with two attached hydrogens (primary N) is 1. The van der Waals surface area contributed by atoms with Gasteiger partial charge < -0.3 is 34.2 Å². The molecule has 132 valence electrons. The lowest BCUT2D eigenvalue weighted by Crippen LogP contribution is -3.00. The molecular formula is C13H33IN2S5. The molecule has 0 aliphatic carbocycles. The Labute approximate surface area is 168 Å². The van der Waals surface area contributed by atoms with E-state index >= 15 is 0 Å². The third-order valence-electron chi connectivity index (χ3n) is 1.62. The number of quaternary nitrogens is 1. The van der Waals surface area contributed by atoms with Gasteiger partial charge in [-0.15, -0.1) is 0 Å². The molecule has 8 heteroatoms. The minimum atomic E-state index is 0. The summed E-state index contributed by atoms with van der Waals surface area (Å²) in [6.07, 6.45) is 0. The Morgan fingerprint density at radius 1 is 0.857 bits per heavy atom. The molecule has 2 N–H and O–H groups in total. The predicted octanol–water partition coefficient (Wildman–Crippen LogP) is -0.278. The lowest BCUT2D eigenvalue weighted by molar-refractivity contribution is -0.876. The fraction of sp³-hybridized carbons (Fsp3) is 1.00. The fourth-order valence-electron chi connectivity index (χ4n) is 1.43. The highest BCUT2D eigenvalue weighted by Crippen LogP contribution is 2.15. The molecule has 0 aromatic heterocycles. The average Bonchev–Trinajstić information content (AvgIpc) is 2.14. The minimum absolute atomic E-state index is 0. The number of nitrogens with zero attached hydrogens (tertiary/aromatic N) is 1. The van der Waals surface area contributed by atoms with Crippen molar-refractivity contribution in [3.63, 3.8) is 0 Å². The van der Waals surface area contributed by atoms with Crippen LogP contribution in [0.15, 0.2) is 0 Å². The van der Waals surface area contributed by atoms with Gasteiger partial charge >= 0.3 is 0 Å². The molecule has 0 unspecified atom stereocenters. The van der Waals surface area contributed by atoms with Crippen molar-refractivity contribution in [3.8, 4) is 0 Å². The summed E-state index contributed by atoms with van der Waals surface area (Å²) in [6, 6.07) is 0. The summed E-state index contributed by atoms with van der Waals surface area (Å²) in [5.41, 5.74) is 6.08. The molecule has 0 aliphatic heterocycles. The molecule has 0 aromatic rings. The van der Waals surface area contributed by atoms with Crippen molar-refractivity contribution in [3.05, 3.63) is 0 Å². The van der Waals surface area contributed by atoms with Gasteiger partial charge in [0.05, 0.1) is 27.7 Å². The van der Waals surface area contributed by atoms with E-state index < -0.39 is 0 Å². The second-order valence-corrected chi connectivity index (χ2v) is 13.3. The van der Waals surface area contributed by atoms with Crippen LogP contribution in [0.1, 0.15) is 41.5 Å². The van der Waals surface area contributed by atoms with Crippen LogP contribution in [0, 0.1) is 10.8 Å². The maximum Gasteiger partial charge on any atom is 0.0829 e. The normalized spacial score (nSPS) is 10.8. The molecule has 0 amide bonds. The number of hydrogen-bond acceptors (Lipinski definition) is 3. The van der Waals surface area contributed by atoms with Gasteiger partial charge in [-0.25, -0.2) is 0 Å². The first-order chi connectivity index (χ1) is 8.68. The standard InChI is InChI=1S/C8H20N.C5H13N.HI.S5/c1-8(2,3)7-9(4,5)6;1-5(2,3)4-6;;1-3-5-4-2/h7H2,1-6H3;4,6H2,1-3H3;1H;/q+1;;;/p-1. The van der Waals surface area contributed by atoms with Crippen LogP contribution in [0.3, 0.4) is 0 Å².